The van der Waals surface area contributed by atoms with Crippen LogP contribution in [0, 0.1) is 12.3 Å². The highest BCUT2D eigenvalue weighted by molar-refractivity contribution is 7.89. The van der Waals surface area contributed by atoms with Gasteiger partial charge in [-0.15, -0.1) is 6.42 Å². The van der Waals surface area contributed by atoms with Crippen LogP contribution in [0.1, 0.15) is 10.4 Å². The Hall–Kier alpha value is -1.84. The van der Waals surface area contributed by atoms with Crippen LogP contribution in [0.25, 0.3) is 0 Å². The summed E-state index contributed by atoms with van der Waals surface area (Å²) in [6.07, 6.45) is 5.08. The van der Waals surface area contributed by atoms with E-state index in [0.29, 0.717) is 0 Å². The Bertz CT molecular complexity index is 573. The molecule has 0 heterocycles. The van der Waals surface area contributed by atoms with E-state index >= 15 is 0 Å². The van der Waals surface area contributed by atoms with Crippen LogP contribution in [-0.2, 0) is 10.0 Å². The monoisotopic (exact) mass is 252 g/mol. The predicted octanol–water partition coefficient (Wildman–Crippen LogP) is 0.0392. The molecule has 0 saturated heterocycles. The molecule has 0 bridgehead atoms. The molecule has 6 heteroatoms. The number of amides is 1. The Balaban J connectivity index is 3.25. The number of carbonyl (C=O) groups excluding carboxylic acids is 1. The molecule has 5 nitrogen and oxygen atoms in total. The lowest BCUT2D eigenvalue weighted by Crippen LogP contribution is -2.29. The average Bonchev–Trinajstić information content (AvgIpc) is 2.27. The highest BCUT2D eigenvalue weighted by Crippen LogP contribution is 2.15. The molecule has 0 aliphatic heterocycles. The van der Waals surface area contributed by atoms with E-state index in [9.17, 15) is 13.2 Å². The number of terminal acetylenes is 1. The minimum Gasteiger partial charge on any atom is -0.331 e. The maximum atomic E-state index is 11.9. The van der Waals surface area contributed by atoms with Crippen molar-refractivity contribution in [3.8, 4) is 12.3 Å². The van der Waals surface area contributed by atoms with Crippen LogP contribution in [0.3, 0.4) is 0 Å². The van der Waals surface area contributed by atoms with Gasteiger partial charge in [0.1, 0.15) is 0 Å². The van der Waals surface area contributed by atoms with Crippen LogP contribution in [0.2, 0.25) is 0 Å². The van der Waals surface area contributed by atoms with Crippen LogP contribution < -0.4 is 5.14 Å². The van der Waals surface area contributed by atoms with E-state index in [-0.39, 0.29) is 17.0 Å². The summed E-state index contributed by atoms with van der Waals surface area (Å²) in [7, 11) is -2.44. The predicted molar refractivity (Wildman–Crippen MR) is 63.6 cm³/mol. The van der Waals surface area contributed by atoms with Crippen molar-refractivity contribution in [1.29, 1.82) is 0 Å². The van der Waals surface area contributed by atoms with Gasteiger partial charge in [0.15, 0.2) is 0 Å². The van der Waals surface area contributed by atoms with Gasteiger partial charge in [-0.2, -0.15) is 0 Å². The van der Waals surface area contributed by atoms with Gasteiger partial charge in [-0.3, -0.25) is 4.79 Å². The van der Waals surface area contributed by atoms with Gasteiger partial charge in [0.25, 0.3) is 5.91 Å². The Morgan fingerprint density at radius 3 is 2.59 bits per heavy atom. The van der Waals surface area contributed by atoms with Gasteiger partial charge in [-0.05, 0) is 12.1 Å². The second-order valence-electron chi connectivity index (χ2n) is 3.41. The number of primary sulfonamides is 1. The smallest absolute Gasteiger partial charge is 0.255 e. The van der Waals surface area contributed by atoms with Crippen LogP contribution >= 0.6 is 0 Å². The van der Waals surface area contributed by atoms with Gasteiger partial charge < -0.3 is 4.90 Å². The van der Waals surface area contributed by atoms with E-state index in [1.807, 2.05) is 0 Å². The summed E-state index contributed by atoms with van der Waals surface area (Å²) in [4.78, 5) is 13.0. The molecule has 1 amide bonds. The fraction of sp³-hybridized carbons (Fsp3) is 0.182. The van der Waals surface area contributed by atoms with Crippen molar-refractivity contribution in [3.63, 3.8) is 0 Å². The topological polar surface area (TPSA) is 80.5 Å². The molecule has 2 N–H and O–H groups in total. The number of hydrogen-bond donors (Lipinski definition) is 1. The lowest BCUT2D eigenvalue weighted by atomic mass is 10.2. The largest absolute Gasteiger partial charge is 0.331 e. The molecule has 0 aliphatic rings. The first-order valence-electron chi connectivity index (χ1n) is 4.68. The minimum atomic E-state index is -3.93. The molecule has 0 fully saturated rings. The summed E-state index contributed by atoms with van der Waals surface area (Å²) in [5, 5.41) is 5.03. The van der Waals surface area contributed by atoms with Gasteiger partial charge in [-0.1, -0.05) is 18.1 Å². The SMILES string of the molecule is C#CCN(C)C(=O)c1ccccc1S(N)(=O)=O. The van der Waals surface area contributed by atoms with Crippen molar-refractivity contribution >= 4 is 15.9 Å². The lowest BCUT2D eigenvalue weighted by Gasteiger charge is -2.15. The minimum absolute atomic E-state index is 0.0211. The van der Waals surface area contributed by atoms with Crippen molar-refractivity contribution in [2.24, 2.45) is 5.14 Å². The second kappa shape index (κ2) is 4.99. The van der Waals surface area contributed by atoms with Crippen LogP contribution in [0.5, 0.6) is 0 Å². The van der Waals surface area contributed by atoms with E-state index in [0.717, 1.165) is 0 Å². The van der Waals surface area contributed by atoms with E-state index in [1.54, 1.807) is 6.07 Å². The number of sulfonamides is 1. The second-order valence-corrected chi connectivity index (χ2v) is 4.94. The zero-order valence-corrected chi connectivity index (χ0v) is 10.1. The van der Waals surface area contributed by atoms with Crippen molar-refractivity contribution in [2.45, 2.75) is 4.90 Å². The maximum absolute atomic E-state index is 11.9. The van der Waals surface area contributed by atoms with E-state index < -0.39 is 15.9 Å². The fourth-order valence-corrected chi connectivity index (χ4v) is 2.04. The Morgan fingerprint density at radius 2 is 2.06 bits per heavy atom. The zero-order chi connectivity index (χ0) is 13.1. The number of nitrogens with zero attached hydrogens (tertiary/aromatic N) is 1. The number of benzene rings is 1. The van der Waals surface area contributed by atoms with Crippen LogP contribution in [-0.4, -0.2) is 32.8 Å². The van der Waals surface area contributed by atoms with E-state index in [1.165, 1.54) is 30.1 Å². The van der Waals surface area contributed by atoms with Crippen molar-refractivity contribution in [2.75, 3.05) is 13.6 Å². The molecule has 0 atom stereocenters. The molecule has 0 saturated carbocycles. The van der Waals surface area contributed by atoms with E-state index in [4.69, 9.17) is 11.6 Å². The van der Waals surface area contributed by atoms with Gasteiger partial charge in [0, 0.05) is 7.05 Å². The lowest BCUT2D eigenvalue weighted by molar-refractivity contribution is 0.0809. The summed E-state index contributed by atoms with van der Waals surface area (Å²) in [5.41, 5.74) is 0.0211. The molecule has 1 aromatic rings. The standard InChI is InChI=1S/C11H12N2O3S/c1-3-8-13(2)11(14)9-6-4-5-7-10(9)17(12,15)16/h1,4-7H,8H2,2H3,(H2,12,15,16). The molecule has 1 rings (SSSR count). The first kappa shape index (κ1) is 13.2. The van der Waals surface area contributed by atoms with Gasteiger partial charge in [0.05, 0.1) is 17.0 Å². The first-order valence-corrected chi connectivity index (χ1v) is 6.23. The molecular weight excluding hydrogens is 240 g/mol. The van der Waals surface area contributed by atoms with Gasteiger partial charge >= 0.3 is 0 Å². The summed E-state index contributed by atoms with van der Waals surface area (Å²) >= 11 is 0. The molecule has 1 aromatic carbocycles. The van der Waals surface area contributed by atoms with Crippen LogP contribution in [0.15, 0.2) is 29.2 Å². The Labute approximate surface area is 100 Å². The Kier molecular flexibility index (Phi) is 3.89. The third-order valence-electron chi connectivity index (χ3n) is 2.10. The summed E-state index contributed by atoms with van der Waals surface area (Å²) in [6.45, 7) is 0.0950. The van der Waals surface area contributed by atoms with Gasteiger partial charge in [-0.25, -0.2) is 13.6 Å². The highest BCUT2D eigenvalue weighted by atomic mass is 32.2. The maximum Gasteiger partial charge on any atom is 0.255 e. The average molecular weight is 252 g/mol. The molecule has 17 heavy (non-hydrogen) atoms. The third kappa shape index (κ3) is 3.06. The van der Waals surface area contributed by atoms with Crippen molar-refractivity contribution in [3.05, 3.63) is 29.8 Å². The normalized spacial score (nSPS) is 10.6. The molecule has 0 unspecified atom stereocenters. The molecule has 0 aliphatic carbocycles. The third-order valence-corrected chi connectivity index (χ3v) is 3.07. The number of rotatable bonds is 3. The van der Waals surface area contributed by atoms with Crippen molar-refractivity contribution < 1.29 is 13.2 Å². The molecular formula is C11H12N2O3S. The Morgan fingerprint density at radius 1 is 1.47 bits per heavy atom. The molecule has 0 spiro atoms. The molecule has 0 aromatic heterocycles. The quantitative estimate of drug-likeness (QED) is 0.771. The van der Waals surface area contributed by atoms with Gasteiger partial charge in [0.2, 0.25) is 10.0 Å². The summed E-state index contributed by atoms with van der Waals surface area (Å²) < 4.78 is 22.6. The zero-order valence-electron chi connectivity index (χ0n) is 9.25. The molecule has 90 valence electrons. The first-order chi connectivity index (χ1) is 7.88. The molecule has 0 radical (unpaired) electrons. The highest BCUT2D eigenvalue weighted by Gasteiger charge is 2.20. The summed E-state index contributed by atoms with van der Waals surface area (Å²) in [6, 6.07) is 5.74. The fourth-order valence-electron chi connectivity index (χ4n) is 1.31. The number of carbonyl (C=O) groups is 1. The van der Waals surface area contributed by atoms with Crippen molar-refractivity contribution in [1.82, 2.24) is 4.90 Å². The number of hydrogen-bond acceptors (Lipinski definition) is 3. The summed E-state index contributed by atoms with van der Waals surface area (Å²) in [5.74, 6) is 1.82. The number of nitrogens with two attached hydrogens (primary N) is 1. The van der Waals surface area contributed by atoms with Crippen LogP contribution in [0.4, 0.5) is 0 Å². The van der Waals surface area contributed by atoms with E-state index in [2.05, 4.69) is 5.92 Å².